The van der Waals surface area contributed by atoms with Gasteiger partial charge in [-0.25, -0.2) is 4.79 Å². The summed E-state index contributed by atoms with van der Waals surface area (Å²) in [5.41, 5.74) is 1.84. The van der Waals surface area contributed by atoms with Crippen LogP contribution in [0.5, 0.6) is 5.75 Å². The standard InChI is InChI=1S/C20H26BN3O6/c1-4-23-8-9-24(19(27)18(23)26)20(28)22-13(3)16(25)11-15-10-14-7-5-6-12(2)17(14)30-21(15)29/h5-7,13,15,29H,4,8-11H2,1-3H3,(H,22,28)/t13-,15-/m1/s1. The van der Waals surface area contributed by atoms with Crippen LogP contribution in [0.1, 0.15) is 31.4 Å². The van der Waals surface area contributed by atoms with E-state index in [1.165, 1.54) is 11.8 Å². The van der Waals surface area contributed by atoms with Crippen molar-refractivity contribution in [1.29, 1.82) is 0 Å². The molecule has 2 aliphatic heterocycles. The van der Waals surface area contributed by atoms with Crippen LogP contribution in [0.4, 0.5) is 4.79 Å². The third kappa shape index (κ3) is 4.33. The van der Waals surface area contributed by atoms with Crippen molar-refractivity contribution >= 4 is 30.7 Å². The van der Waals surface area contributed by atoms with Gasteiger partial charge in [0.1, 0.15) is 5.75 Å². The van der Waals surface area contributed by atoms with Crippen LogP contribution >= 0.6 is 0 Å². The maximum atomic E-state index is 12.6. The van der Waals surface area contributed by atoms with Crippen molar-refractivity contribution in [3.05, 3.63) is 29.3 Å². The number of urea groups is 1. The van der Waals surface area contributed by atoms with Crippen LogP contribution in [0.25, 0.3) is 0 Å². The molecule has 3 rings (SSSR count). The number of carbonyl (C=O) groups excluding carboxylic acids is 4. The monoisotopic (exact) mass is 415 g/mol. The van der Waals surface area contributed by atoms with Crippen LogP contribution in [0.15, 0.2) is 18.2 Å². The fraction of sp³-hybridized carbons (Fsp3) is 0.500. The third-order valence-corrected chi connectivity index (χ3v) is 5.64. The van der Waals surface area contributed by atoms with E-state index >= 15 is 0 Å². The van der Waals surface area contributed by atoms with Crippen molar-refractivity contribution in [3.8, 4) is 5.75 Å². The van der Waals surface area contributed by atoms with E-state index in [1.807, 2.05) is 25.1 Å². The van der Waals surface area contributed by atoms with Crippen molar-refractivity contribution in [2.45, 2.75) is 45.5 Å². The Morgan fingerprint density at radius 1 is 1.30 bits per heavy atom. The molecule has 1 aromatic carbocycles. The summed E-state index contributed by atoms with van der Waals surface area (Å²) in [5.74, 6) is -1.72. The maximum Gasteiger partial charge on any atom is 0.526 e. The summed E-state index contributed by atoms with van der Waals surface area (Å²) < 4.78 is 5.60. The topological polar surface area (TPSA) is 116 Å². The molecule has 9 nitrogen and oxygen atoms in total. The van der Waals surface area contributed by atoms with Crippen molar-refractivity contribution in [2.75, 3.05) is 19.6 Å². The van der Waals surface area contributed by atoms with Gasteiger partial charge in [0.15, 0.2) is 5.78 Å². The molecule has 0 unspecified atom stereocenters. The van der Waals surface area contributed by atoms with Crippen molar-refractivity contribution < 1.29 is 28.9 Å². The quantitative estimate of drug-likeness (QED) is 0.536. The highest BCUT2D eigenvalue weighted by atomic mass is 16.5. The van der Waals surface area contributed by atoms with E-state index in [2.05, 4.69) is 5.32 Å². The summed E-state index contributed by atoms with van der Waals surface area (Å²) in [5, 5.41) is 12.8. The Hall–Kier alpha value is -2.88. The summed E-state index contributed by atoms with van der Waals surface area (Å²) in [6, 6.07) is 4.03. The van der Waals surface area contributed by atoms with Crippen molar-refractivity contribution in [1.82, 2.24) is 15.1 Å². The molecular formula is C20H26BN3O6. The number of nitrogens with zero attached hydrogens (tertiary/aromatic N) is 2. The third-order valence-electron chi connectivity index (χ3n) is 5.64. The SMILES string of the molecule is CCN1CCN(C(=O)N[C@H](C)C(=O)C[C@H]2Cc3cccc(C)c3OB2O)C(=O)C1=O. The number of ketones is 1. The Morgan fingerprint density at radius 3 is 2.73 bits per heavy atom. The lowest BCUT2D eigenvalue weighted by molar-refractivity contribution is -0.153. The van der Waals surface area contributed by atoms with E-state index in [1.54, 1.807) is 6.92 Å². The molecule has 160 valence electrons. The second-order valence-corrected chi connectivity index (χ2v) is 7.72. The number of Topliss-reactive ketones (excluding diaryl/α,β-unsaturated/α-hetero) is 1. The number of hydrogen-bond donors (Lipinski definition) is 2. The number of fused-ring (bicyclic) bond motifs is 1. The number of nitrogens with one attached hydrogen (secondary N) is 1. The molecule has 10 heteroatoms. The van der Waals surface area contributed by atoms with E-state index < -0.39 is 36.8 Å². The van der Waals surface area contributed by atoms with Crippen molar-refractivity contribution in [3.63, 3.8) is 0 Å². The number of rotatable bonds is 5. The number of hydrogen-bond acceptors (Lipinski definition) is 6. The number of benzene rings is 1. The Morgan fingerprint density at radius 2 is 2.03 bits per heavy atom. The van der Waals surface area contributed by atoms with Gasteiger partial charge in [-0.3, -0.25) is 19.3 Å². The second-order valence-electron chi connectivity index (χ2n) is 7.72. The zero-order valence-corrected chi connectivity index (χ0v) is 17.4. The first kappa shape index (κ1) is 21.8. The first-order chi connectivity index (χ1) is 14.2. The van der Waals surface area contributed by atoms with Gasteiger partial charge in [0.25, 0.3) is 0 Å². The summed E-state index contributed by atoms with van der Waals surface area (Å²) in [4.78, 5) is 51.3. The van der Waals surface area contributed by atoms with Gasteiger partial charge in [0.2, 0.25) is 0 Å². The van der Waals surface area contributed by atoms with Crippen LogP contribution in [0.2, 0.25) is 5.82 Å². The molecule has 0 spiro atoms. The first-order valence-electron chi connectivity index (χ1n) is 10.1. The fourth-order valence-electron chi connectivity index (χ4n) is 3.76. The van der Waals surface area contributed by atoms with Gasteiger partial charge in [0, 0.05) is 31.9 Å². The molecule has 1 aromatic rings. The van der Waals surface area contributed by atoms with E-state index in [4.69, 9.17) is 4.65 Å². The zero-order valence-electron chi connectivity index (χ0n) is 17.4. The van der Waals surface area contributed by atoms with Gasteiger partial charge in [-0.2, -0.15) is 0 Å². The van der Waals surface area contributed by atoms with E-state index in [0.29, 0.717) is 18.7 Å². The number of amides is 4. The molecule has 0 bridgehead atoms. The van der Waals surface area contributed by atoms with Gasteiger partial charge in [0.05, 0.1) is 6.04 Å². The molecule has 0 radical (unpaired) electrons. The van der Waals surface area contributed by atoms with Gasteiger partial charge in [-0.05, 0) is 38.3 Å². The number of carbonyl (C=O) groups is 4. The number of imide groups is 1. The molecule has 2 atom stereocenters. The van der Waals surface area contributed by atoms with E-state index in [9.17, 15) is 24.2 Å². The lowest BCUT2D eigenvalue weighted by Crippen LogP contribution is -2.59. The van der Waals surface area contributed by atoms with E-state index in [-0.39, 0.29) is 25.3 Å². The van der Waals surface area contributed by atoms with Crippen LogP contribution in [-0.2, 0) is 20.8 Å². The normalized spacial score (nSPS) is 19.9. The van der Waals surface area contributed by atoms with Gasteiger partial charge in [-0.15, -0.1) is 0 Å². The van der Waals surface area contributed by atoms with Crippen LogP contribution < -0.4 is 9.97 Å². The van der Waals surface area contributed by atoms with Gasteiger partial charge < -0.3 is 19.9 Å². The number of piperazine rings is 1. The molecule has 30 heavy (non-hydrogen) atoms. The largest absolute Gasteiger partial charge is 0.536 e. The number of likely N-dealkylation sites (N-methyl/N-ethyl adjacent to an activating group) is 1. The molecular weight excluding hydrogens is 389 g/mol. The highest BCUT2D eigenvalue weighted by Gasteiger charge is 2.39. The van der Waals surface area contributed by atoms with Crippen LogP contribution in [-0.4, -0.2) is 71.2 Å². The average Bonchev–Trinajstić information content (AvgIpc) is 2.71. The minimum Gasteiger partial charge on any atom is -0.536 e. The van der Waals surface area contributed by atoms with Gasteiger partial charge in [-0.1, -0.05) is 18.2 Å². The lowest BCUT2D eigenvalue weighted by atomic mass is 9.64. The van der Waals surface area contributed by atoms with Crippen LogP contribution in [0.3, 0.4) is 0 Å². The molecule has 1 fully saturated rings. The Labute approximate surface area is 175 Å². The maximum absolute atomic E-state index is 12.6. The predicted octanol–water partition coefficient (Wildman–Crippen LogP) is 0.529. The summed E-state index contributed by atoms with van der Waals surface area (Å²) >= 11 is 0. The lowest BCUT2D eigenvalue weighted by Gasteiger charge is -2.32. The van der Waals surface area contributed by atoms with Gasteiger partial charge >= 0.3 is 25.0 Å². The van der Waals surface area contributed by atoms with E-state index in [0.717, 1.165) is 16.0 Å². The fourth-order valence-corrected chi connectivity index (χ4v) is 3.76. The molecule has 2 N–H and O–H groups in total. The number of aryl methyl sites for hydroxylation is 1. The summed E-state index contributed by atoms with van der Waals surface area (Å²) in [7, 11) is -1.12. The average molecular weight is 415 g/mol. The zero-order chi connectivity index (χ0) is 22.0. The molecule has 0 aromatic heterocycles. The second kappa shape index (κ2) is 8.87. The highest BCUT2D eigenvalue weighted by molar-refractivity contribution is 6.46. The Bertz CT molecular complexity index is 876. The summed E-state index contributed by atoms with van der Waals surface area (Å²) in [6.45, 7) is 5.90. The molecule has 2 heterocycles. The minimum absolute atomic E-state index is 0.00643. The smallest absolute Gasteiger partial charge is 0.526 e. The Kier molecular flexibility index (Phi) is 6.45. The molecule has 0 aliphatic carbocycles. The molecule has 0 saturated carbocycles. The van der Waals surface area contributed by atoms with Crippen molar-refractivity contribution in [2.24, 2.45) is 0 Å². The highest BCUT2D eigenvalue weighted by Crippen LogP contribution is 2.35. The Balaban J connectivity index is 1.58. The number of para-hydroxylation sites is 1. The van der Waals surface area contributed by atoms with Crippen LogP contribution in [0, 0.1) is 6.92 Å². The summed E-state index contributed by atoms with van der Waals surface area (Å²) in [6.07, 6.45) is 0.489. The first-order valence-corrected chi connectivity index (χ1v) is 10.1. The molecule has 4 amide bonds. The minimum atomic E-state index is -1.12. The molecule has 2 aliphatic rings. The predicted molar refractivity (Wildman–Crippen MR) is 109 cm³/mol. The molecule has 1 saturated heterocycles.